The third kappa shape index (κ3) is 3.60. The van der Waals surface area contributed by atoms with Crippen molar-refractivity contribution in [2.45, 2.75) is 44.6 Å². The van der Waals surface area contributed by atoms with Gasteiger partial charge in [-0.15, -0.1) is 5.10 Å². The van der Waals surface area contributed by atoms with Gasteiger partial charge in [-0.25, -0.2) is 23.7 Å². The summed E-state index contributed by atoms with van der Waals surface area (Å²) in [6, 6.07) is 7.52. The highest BCUT2D eigenvalue weighted by Crippen LogP contribution is 2.69. The van der Waals surface area contributed by atoms with E-state index in [4.69, 9.17) is 4.98 Å². The second kappa shape index (κ2) is 8.49. The van der Waals surface area contributed by atoms with Crippen molar-refractivity contribution in [3.63, 3.8) is 0 Å². The zero-order valence-corrected chi connectivity index (χ0v) is 22.3. The molecule has 0 amide bonds. The number of fused-ring (bicyclic) bond motifs is 5. The molecule has 1 fully saturated rings. The Balaban J connectivity index is 1.45. The Morgan fingerprint density at radius 1 is 1.18 bits per heavy atom. The summed E-state index contributed by atoms with van der Waals surface area (Å²) in [5, 5.41) is 8.92. The summed E-state index contributed by atoms with van der Waals surface area (Å²) in [7, 11) is -2.16. The van der Waals surface area contributed by atoms with Gasteiger partial charge in [-0.3, -0.25) is 4.21 Å². The van der Waals surface area contributed by atoms with Crippen molar-refractivity contribution in [1.82, 2.24) is 29.7 Å². The van der Waals surface area contributed by atoms with E-state index in [9.17, 15) is 13.0 Å². The summed E-state index contributed by atoms with van der Waals surface area (Å²) >= 11 is 0. The van der Waals surface area contributed by atoms with Crippen LogP contribution in [-0.2, 0) is 21.5 Å². The van der Waals surface area contributed by atoms with Gasteiger partial charge in [-0.2, -0.15) is 5.10 Å². The molecular formula is C28H28F2N6OS. The normalized spacial score (nSPS) is 22.8. The van der Waals surface area contributed by atoms with Crippen molar-refractivity contribution < 1.29 is 13.0 Å². The fourth-order valence-corrected chi connectivity index (χ4v) is 7.04. The number of rotatable bonds is 6. The number of hydrogen-bond acceptors (Lipinski definition) is 6. The van der Waals surface area contributed by atoms with E-state index in [0.29, 0.717) is 18.1 Å². The zero-order chi connectivity index (χ0) is 26.9. The Kier molecular flexibility index (Phi) is 5.54. The lowest BCUT2D eigenvalue weighted by Gasteiger charge is -2.37. The molecule has 1 aromatic carbocycles. The van der Waals surface area contributed by atoms with Crippen LogP contribution in [0.3, 0.4) is 0 Å². The Labute approximate surface area is 220 Å². The molecule has 2 aliphatic carbocycles. The first-order valence-corrected chi connectivity index (χ1v) is 14.8. The number of imidazole rings is 1. The SMILES string of the molecule is C=S(C)(=O)CCn1cncc1-c1nccc([C@@]23CC[C@@H](c4cc(-c5c(F)cccc5F)nnc42)C3(C)C)n1. The fourth-order valence-electron chi connectivity index (χ4n) is 6.45. The third-order valence-electron chi connectivity index (χ3n) is 8.40. The van der Waals surface area contributed by atoms with Crippen LogP contribution in [0.15, 0.2) is 49.1 Å². The highest BCUT2D eigenvalue weighted by Gasteiger charge is 2.65. The lowest BCUT2D eigenvalue weighted by molar-refractivity contribution is 0.243. The predicted octanol–water partition coefficient (Wildman–Crippen LogP) is 4.62. The third-order valence-corrected chi connectivity index (χ3v) is 9.45. The van der Waals surface area contributed by atoms with Gasteiger partial charge < -0.3 is 4.57 Å². The number of aromatic nitrogens is 6. The van der Waals surface area contributed by atoms with E-state index in [2.05, 4.69) is 39.9 Å². The van der Waals surface area contributed by atoms with Crippen LogP contribution in [0.25, 0.3) is 22.8 Å². The smallest absolute Gasteiger partial charge is 0.178 e. The molecule has 3 heterocycles. The number of benzene rings is 1. The van der Waals surface area contributed by atoms with Crippen LogP contribution in [0.5, 0.6) is 0 Å². The summed E-state index contributed by atoms with van der Waals surface area (Å²) in [6.45, 7) is 4.89. The molecule has 1 unspecified atom stereocenters. The highest BCUT2D eigenvalue weighted by molar-refractivity contribution is 7.99. The Bertz CT molecular complexity index is 1660. The monoisotopic (exact) mass is 534 g/mol. The van der Waals surface area contributed by atoms with Crippen molar-refractivity contribution in [1.29, 1.82) is 0 Å². The lowest BCUT2D eigenvalue weighted by atomic mass is 9.66. The maximum absolute atomic E-state index is 14.5. The quantitative estimate of drug-likeness (QED) is 0.336. The molecule has 3 atom stereocenters. The molecule has 10 heteroatoms. The molecule has 2 aliphatic rings. The number of halogens is 2. The van der Waals surface area contributed by atoms with Gasteiger partial charge in [0.15, 0.2) is 5.82 Å². The predicted molar refractivity (Wildman–Crippen MR) is 143 cm³/mol. The van der Waals surface area contributed by atoms with Crippen molar-refractivity contribution in [2.75, 3.05) is 12.0 Å². The number of aryl methyl sites for hydroxylation is 1. The van der Waals surface area contributed by atoms with Crippen molar-refractivity contribution in [3.05, 3.63) is 77.6 Å². The Morgan fingerprint density at radius 3 is 2.68 bits per heavy atom. The molecule has 0 N–H and O–H groups in total. The molecule has 4 aromatic rings. The molecule has 0 radical (unpaired) electrons. The molecule has 0 aliphatic heterocycles. The van der Waals surface area contributed by atoms with E-state index >= 15 is 0 Å². The fraction of sp³-hybridized carbons (Fsp3) is 0.357. The maximum Gasteiger partial charge on any atom is 0.178 e. The molecule has 196 valence electrons. The summed E-state index contributed by atoms with van der Waals surface area (Å²) in [5.74, 6) is 3.50. The second-order valence-electron chi connectivity index (χ2n) is 11.0. The molecule has 6 rings (SSSR count). The zero-order valence-electron chi connectivity index (χ0n) is 21.5. The van der Waals surface area contributed by atoms with Gasteiger partial charge in [0.25, 0.3) is 0 Å². The average molecular weight is 535 g/mol. The van der Waals surface area contributed by atoms with Crippen molar-refractivity contribution in [2.24, 2.45) is 5.41 Å². The van der Waals surface area contributed by atoms with Crippen LogP contribution in [0.1, 0.15) is 49.6 Å². The van der Waals surface area contributed by atoms with Crippen LogP contribution in [0, 0.1) is 17.0 Å². The van der Waals surface area contributed by atoms with Gasteiger partial charge in [0, 0.05) is 24.8 Å². The molecule has 38 heavy (non-hydrogen) atoms. The van der Waals surface area contributed by atoms with E-state index in [-0.39, 0.29) is 22.6 Å². The Morgan fingerprint density at radius 2 is 1.95 bits per heavy atom. The van der Waals surface area contributed by atoms with Crippen LogP contribution >= 0.6 is 0 Å². The summed E-state index contributed by atoms with van der Waals surface area (Å²) in [5.41, 5.74) is 2.58. The summed E-state index contributed by atoms with van der Waals surface area (Å²) in [4.78, 5) is 13.8. The van der Waals surface area contributed by atoms with Gasteiger partial charge in [-0.1, -0.05) is 19.9 Å². The molecule has 7 nitrogen and oxygen atoms in total. The van der Waals surface area contributed by atoms with Gasteiger partial charge in [0.05, 0.1) is 40.6 Å². The molecule has 1 saturated carbocycles. The molecule has 0 spiro atoms. The van der Waals surface area contributed by atoms with Crippen LogP contribution in [0.2, 0.25) is 0 Å². The first-order valence-electron chi connectivity index (χ1n) is 12.5. The molecule has 3 aromatic heterocycles. The van der Waals surface area contributed by atoms with Gasteiger partial charge in [-0.05, 0) is 69.4 Å². The minimum atomic E-state index is -2.16. The van der Waals surface area contributed by atoms with Gasteiger partial charge in [0.2, 0.25) is 0 Å². The highest BCUT2D eigenvalue weighted by atomic mass is 32.2. The summed E-state index contributed by atoms with van der Waals surface area (Å²) in [6.07, 6.45) is 8.50. The average Bonchev–Trinajstić information content (AvgIpc) is 3.50. The minimum absolute atomic E-state index is 0.139. The first kappa shape index (κ1) is 24.8. The lowest BCUT2D eigenvalue weighted by Crippen LogP contribution is -2.38. The molecular weight excluding hydrogens is 506 g/mol. The number of nitrogens with zero attached hydrogens (tertiary/aromatic N) is 6. The summed E-state index contributed by atoms with van der Waals surface area (Å²) < 4.78 is 43.1. The van der Waals surface area contributed by atoms with Crippen LogP contribution in [0.4, 0.5) is 8.78 Å². The van der Waals surface area contributed by atoms with Crippen LogP contribution in [-0.4, -0.2) is 51.8 Å². The molecule has 0 saturated heterocycles. The van der Waals surface area contributed by atoms with Crippen LogP contribution < -0.4 is 0 Å². The van der Waals surface area contributed by atoms with Gasteiger partial charge in [0.1, 0.15) is 17.3 Å². The van der Waals surface area contributed by atoms with Gasteiger partial charge >= 0.3 is 0 Å². The first-order chi connectivity index (χ1) is 18.0. The van der Waals surface area contributed by atoms with Crippen molar-refractivity contribution >= 4 is 15.4 Å². The van der Waals surface area contributed by atoms with Crippen molar-refractivity contribution in [3.8, 4) is 22.8 Å². The molecule has 2 bridgehead atoms. The maximum atomic E-state index is 14.5. The van der Waals surface area contributed by atoms with E-state index in [1.807, 2.05) is 10.6 Å². The minimum Gasteiger partial charge on any atom is -0.327 e. The largest absolute Gasteiger partial charge is 0.327 e. The standard InChI is InChI=1S/C28H28F2N6OS/c1-27(2)18-8-10-28(27,25-17(18)14-21(34-35-25)24-19(29)6-5-7-20(24)30)23-9-11-32-26(33-23)22-15-31-16-36(22)12-13-38(3,4)37/h5-7,9,11,14-16,18H,3,8,10,12-13H2,1-2,4H3/t18-,28-,38?/m0/s1. The topological polar surface area (TPSA) is 86.5 Å². The van der Waals surface area contributed by atoms with E-state index in [1.165, 1.54) is 18.2 Å². The Hall–Kier alpha value is -3.53. The van der Waals surface area contributed by atoms with E-state index in [0.717, 1.165) is 35.5 Å². The second-order valence-corrected chi connectivity index (χ2v) is 13.8. The van der Waals surface area contributed by atoms with E-state index in [1.54, 1.807) is 31.0 Å². The number of hydrogen-bond donors (Lipinski definition) is 0. The van der Waals surface area contributed by atoms with E-state index < -0.39 is 26.6 Å².